The lowest BCUT2D eigenvalue weighted by atomic mass is 10.2. The van der Waals surface area contributed by atoms with Gasteiger partial charge in [-0.1, -0.05) is 12.8 Å². The summed E-state index contributed by atoms with van der Waals surface area (Å²) in [6, 6.07) is 0. The number of carbonyl (C=O) groups is 2. The summed E-state index contributed by atoms with van der Waals surface area (Å²) in [4.78, 5) is 23.5. The Morgan fingerprint density at radius 1 is 1.46 bits per heavy atom. The largest absolute Gasteiger partial charge is 0.331 e. The molecule has 3 nitrogen and oxygen atoms in total. The van der Waals surface area contributed by atoms with Crippen molar-refractivity contribution in [2.24, 2.45) is 0 Å². The SMILES string of the molecule is C#CCN(CCC)C(=O)CC(C)=O. The summed E-state index contributed by atoms with van der Waals surface area (Å²) < 4.78 is 0. The molecule has 0 bridgehead atoms. The molecule has 1 amide bonds. The summed E-state index contributed by atoms with van der Waals surface area (Å²) in [5.41, 5.74) is 0. The molecule has 0 aromatic carbocycles. The first-order valence-electron chi connectivity index (χ1n) is 4.32. The Bertz CT molecular complexity index is 228. The first kappa shape index (κ1) is 11.7. The molecule has 0 saturated carbocycles. The lowest BCUT2D eigenvalue weighted by Gasteiger charge is -2.18. The summed E-state index contributed by atoms with van der Waals surface area (Å²) in [5.74, 6) is 2.10. The highest BCUT2D eigenvalue weighted by Gasteiger charge is 2.12. The number of hydrogen-bond acceptors (Lipinski definition) is 2. The minimum Gasteiger partial charge on any atom is -0.331 e. The Morgan fingerprint density at radius 3 is 2.46 bits per heavy atom. The molecule has 0 aliphatic carbocycles. The van der Waals surface area contributed by atoms with Crippen LogP contribution in [-0.4, -0.2) is 29.7 Å². The third-order valence-electron chi connectivity index (χ3n) is 1.53. The Morgan fingerprint density at radius 2 is 2.08 bits per heavy atom. The zero-order chi connectivity index (χ0) is 10.3. The summed E-state index contributed by atoms with van der Waals surface area (Å²) in [5, 5.41) is 0. The average Bonchev–Trinajstić information content (AvgIpc) is 2.02. The molecule has 0 saturated heterocycles. The van der Waals surface area contributed by atoms with Gasteiger partial charge in [0.2, 0.25) is 5.91 Å². The van der Waals surface area contributed by atoms with E-state index in [4.69, 9.17) is 6.42 Å². The summed E-state index contributed by atoms with van der Waals surface area (Å²) >= 11 is 0. The van der Waals surface area contributed by atoms with Gasteiger partial charge in [0.25, 0.3) is 0 Å². The lowest BCUT2D eigenvalue weighted by molar-refractivity contribution is -0.134. The second kappa shape index (κ2) is 6.24. The van der Waals surface area contributed by atoms with Gasteiger partial charge in [-0.15, -0.1) is 6.42 Å². The molecule has 72 valence electrons. The third-order valence-corrected chi connectivity index (χ3v) is 1.53. The number of nitrogens with zero attached hydrogens (tertiary/aromatic N) is 1. The molecule has 13 heavy (non-hydrogen) atoms. The standard InChI is InChI=1S/C10H15NO2/c1-4-6-11(7-5-2)10(13)8-9(3)12/h1H,5-8H2,2-3H3. The van der Waals surface area contributed by atoms with Crippen molar-refractivity contribution in [1.82, 2.24) is 4.90 Å². The average molecular weight is 181 g/mol. The fraction of sp³-hybridized carbons (Fsp3) is 0.600. The monoisotopic (exact) mass is 181 g/mol. The van der Waals surface area contributed by atoms with E-state index in [1.807, 2.05) is 6.92 Å². The van der Waals surface area contributed by atoms with E-state index >= 15 is 0 Å². The first-order valence-corrected chi connectivity index (χ1v) is 4.32. The molecule has 0 N–H and O–H groups in total. The zero-order valence-electron chi connectivity index (χ0n) is 8.17. The van der Waals surface area contributed by atoms with E-state index in [0.29, 0.717) is 13.1 Å². The normalized spacial score (nSPS) is 9.00. The molecule has 0 radical (unpaired) electrons. The van der Waals surface area contributed by atoms with Crippen LogP contribution in [0.3, 0.4) is 0 Å². The van der Waals surface area contributed by atoms with Crippen LogP contribution in [0.2, 0.25) is 0 Å². The molecule has 0 fully saturated rings. The Kier molecular flexibility index (Phi) is 5.62. The highest BCUT2D eigenvalue weighted by Crippen LogP contribution is 1.96. The maximum Gasteiger partial charge on any atom is 0.230 e. The van der Waals surface area contributed by atoms with Crippen LogP contribution in [0, 0.1) is 12.3 Å². The quantitative estimate of drug-likeness (QED) is 0.465. The van der Waals surface area contributed by atoms with Gasteiger partial charge >= 0.3 is 0 Å². The van der Waals surface area contributed by atoms with Gasteiger partial charge in [0.05, 0.1) is 13.0 Å². The van der Waals surface area contributed by atoms with E-state index in [1.54, 1.807) is 0 Å². The molecule has 0 rings (SSSR count). The fourth-order valence-corrected chi connectivity index (χ4v) is 0.997. The topological polar surface area (TPSA) is 37.4 Å². The Balaban J connectivity index is 4.12. The Hall–Kier alpha value is -1.30. The van der Waals surface area contributed by atoms with Gasteiger partial charge in [0.15, 0.2) is 0 Å². The molecule has 3 heteroatoms. The number of carbonyl (C=O) groups excluding carboxylic acids is 2. The van der Waals surface area contributed by atoms with Crippen LogP contribution in [0.25, 0.3) is 0 Å². The van der Waals surface area contributed by atoms with Gasteiger partial charge in [0.1, 0.15) is 5.78 Å². The van der Waals surface area contributed by atoms with E-state index in [1.165, 1.54) is 11.8 Å². The molecule has 0 spiro atoms. The maximum atomic E-state index is 11.3. The molecule has 0 heterocycles. The van der Waals surface area contributed by atoms with Crippen molar-refractivity contribution in [1.29, 1.82) is 0 Å². The lowest BCUT2D eigenvalue weighted by Crippen LogP contribution is -2.33. The van der Waals surface area contributed by atoms with E-state index in [2.05, 4.69) is 5.92 Å². The zero-order valence-corrected chi connectivity index (χ0v) is 8.17. The van der Waals surface area contributed by atoms with Crippen molar-refractivity contribution >= 4 is 11.7 Å². The molecular formula is C10H15NO2. The van der Waals surface area contributed by atoms with Gasteiger partial charge in [-0.05, 0) is 13.3 Å². The van der Waals surface area contributed by atoms with Crippen LogP contribution in [0.1, 0.15) is 26.7 Å². The van der Waals surface area contributed by atoms with Crippen molar-refractivity contribution < 1.29 is 9.59 Å². The molecule has 0 aromatic heterocycles. The molecule has 0 aromatic rings. The highest BCUT2D eigenvalue weighted by molar-refractivity contribution is 5.96. The Labute approximate surface area is 79.1 Å². The van der Waals surface area contributed by atoms with Crippen molar-refractivity contribution in [2.45, 2.75) is 26.7 Å². The van der Waals surface area contributed by atoms with E-state index in [0.717, 1.165) is 6.42 Å². The predicted octanol–water partition coefficient (Wildman–Crippen LogP) is 0.837. The molecule has 0 atom stereocenters. The predicted molar refractivity (Wildman–Crippen MR) is 51.0 cm³/mol. The maximum absolute atomic E-state index is 11.3. The first-order chi connectivity index (χ1) is 6.11. The number of Topliss-reactive ketones (excluding diaryl/α,β-unsaturated/α-hetero) is 1. The van der Waals surface area contributed by atoms with Crippen LogP contribution in [0.15, 0.2) is 0 Å². The second-order valence-corrected chi connectivity index (χ2v) is 2.90. The van der Waals surface area contributed by atoms with Gasteiger partial charge < -0.3 is 4.90 Å². The smallest absolute Gasteiger partial charge is 0.230 e. The third kappa shape index (κ3) is 5.02. The van der Waals surface area contributed by atoms with Gasteiger partial charge in [0, 0.05) is 6.54 Å². The number of amides is 1. The minimum atomic E-state index is -0.174. The van der Waals surface area contributed by atoms with Gasteiger partial charge in [-0.3, -0.25) is 9.59 Å². The van der Waals surface area contributed by atoms with E-state index in [-0.39, 0.29) is 18.1 Å². The summed E-state index contributed by atoms with van der Waals surface area (Å²) in [7, 11) is 0. The van der Waals surface area contributed by atoms with E-state index < -0.39 is 0 Å². The molecular weight excluding hydrogens is 166 g/mol. The van der Waals surface area contributed by atoms with E-state index in [9.17, 15) is 9.59 Å². The number of terminal acetylenes is 1. The molecule has 0 aliphatic rings. The minimum absolute atomic E-state index is 0.0400. The van der Waals surface area contributed by atoms with Crippen molar-refractivity contribution in [2.75, 3.05) is 13.1 Å². The molecule has 0 unspecified atom stereocenters. The van der Waals surface area contributed by atoms with Crippen LogP contribution >= 0.6 is 0 Å². The van der Waals surface area contributed by atoms with Gasteiger partial charge in [-0.25, -0.2) is 0 Å². The number of hydrogen-bond donors (Lipinski definition) is 0. The van der Waals surface area contributed by atoms with Crippen LogP contribution in [-0.2, 0) is 9.59 Å². The highest BCUT2D eigenvalue weighted by atomic mass is 16.2. The van der Waals surface area contributed by atoms with Crippen molar-refractivity contribution in [3.05, 3.63) is 0 Å². The van der Waals surface area contributed by atoms with Crippen LogP contribution < -0.4 is 0 Å². The van der Waals surface area contributed by atoms with Crippen molar-refractivity contribution in [3.8, 4) is 12.3 Å². The van der Waals surface area contributed by atoms with Gasteiger partial charge in [-0.2, -0.15) is 0 Å². The van der Waals surface area contributed by atoms with Crippen molar-refractivity contribution in [3.63, 3.8) is 0 Å². The summed E-state index contributed by atoms with van der Waals surface area (Å²) in [6.45, 7) is 4.28. The second-order valence-electron chi connectivity index (χ2n) is 2.90. The molecule has 0 aliphatic heterocycles. The number of rotatable bonds is 5. The fourth-order valence-electron chi connectivity index (χ4n) is 0.997. The summed E-state index contributed by atoms with van der Waals surface area (Å²) in [6.07, 6.45) is 5.91. The number of ketones is 1. The van der Waals surface area contributed by atoms with Crippen LogP contribution in [0.5, 0.6) is 0 Å². The van der Waals surface area contributed by atoms with Crippen LogP contribution in [0.4, 0.5) is 0 Å².